The topological polar surface area (TPSA) is 67.4 Å². The van der Waals surface area contributed by atoms with Gasteiger partial charge in [0.25, 0.3) is 0 Å². The lowest BCUT2D eigenvalue weighted by Crippen LogP contribution is -2.47. The van der Waals surface area contributed by atoms with Gasteiger partial charge in [-0.1, -0.05) is 26.8 Å². The number of morpholine rings is 1. The van der Waals surface area contributed by atoms with Gasteiger partial charge in [0.05, 0.1) is 30.7 Å². The second-order valence-electron chi connectivity index (χ2n) is 7.63. The molecule has 0 radical (unpaired) electrons. The number of pyridine rings is 2. The third-order valence-corrected chi connectivity index (χ3v) is 4.38. The van der Waals surface area contributed by atoms with Crippen molar-refractivity contribution in [3.8, 4) is 0 Å². The van der Waals surface area contributed by atoms with Crippen molar-refractivity contribution in [3.63, 3.8) is 0 Å². The molecule has 0 bridgehead atoms. The first kappa shape index (κ1) is 18.3. The van der Waals surface area contributed by atoms with E-state index in [2.05, 4.69) is 15.3 Å². The summed E-state index contributed by atoms with van der Waals surface area (Å²) in [7, 11) is 0. The van der Waals surface area contributed by atoms with Gasteiger partial charge >= 0.3 is 0 Å². The number of hydrogen-bond donors (Lipinski definition) is 1. The van der Waals surface area contributed by atoms with E-state index in [0.29, 0.717) is 19.7 Å². The summed E-state index contributed by atoms with van der Waals surface area (Å²) in [5, 5.41) is 3.27. The third kappa shape index (κ3) is 4.19. The largest absolute Gasteiger partial charge is 0.368 e. The van der Waals surface area contributed by atoms with Gasteiger partial charge in [0.15, 0.2) is 0 Å². The highest BCUT2D eigenvalue weighted by atomic mass is 16.5. The maximum atomic E-state index is 12.5. The molecule has 1 saturated heterocycles. The van der Waals surface area contributed by atoms with Gasteiger partial charge in [0.2, 0.25) is 5.91 Å². The first-order valence-electron chi connectivity index (χ1n) is 8.90. The van der Waals surface area contributed by atoms with E-state index in [4.69, 9.17) is 4.74 Å². The average molecular weight is 354 g/mol. The van der Waals surface area contributed by atoms with Crippen molar-refractivity contribution in [1.29, 1.82) is 0 Å². The van der Waals surface area contributed by atoms with E-state index in [-0.39, 0.29) is 17.4 Å². The maximum Gasteiger partial charge on any atom is 0.228 e. The quantitative estimate of drug-likeness (QED) is 0.914. The fraction of sp³-hybridized carbons (Fsp3) is 0.450. The fourth-order valence-electron chi connectivity index (χ4n) is 2.91. The van der Waals surface area contributed by atoms with Gasteiger partial charge in [0, 0.05) is 18.2 Å². The first-order chi connectivity index (χ1) is 12.3. The number of anilines is 2. The van der Waals surface area contributed by atoms with Crippen LogP contribution >= 0.6 is 0 Å². The minimum absolute atomic E-state index is 0.148. The van der Waals surface area contributed by atoms with Crippen LogP contribution in [0.25, 0.3) is 0 Å². The molecule has 2 aromatic heterocycles. The van der Waals surface area contributed by atoms with Crippen molar-refractivity contribution in [3.05, 3.63) is 47.9 Å². The number of nitrogens with one attached hydrogen (secondary N) is 1. The fourth-order valence-corrected chi connectivity index (χ4v) is 2.91. The summed E-state index contributed by atoms with van der Waals surface area (Å²) in [5.41, 5.74) is 2.39. The molecule has 0 saturated carbocycles. The minimum Gasteiger partial charge on any atom is -0.368 e. The Bertz CT molecular complexity index is 768. The molecule has 6 heteroatoms. The summed E-state index contributed by atoms with van der Waals surface area (Å²) < 4.78 is 5.85. The molecule has 3 rings (SSSR count). The van der Waals surface area contributed by atoms with Crippen LogP contribution in [-0.4, -0.2) is 40.5 Å². The van der Waals surface area contributed by atoms with Crippen LogP contribution < -0.4 is 5.32 Å². The summed E-state index contributed by atoms with van der Waals surface area (Å²) >= 11 is 0. The number of carbonyl (C=O) groups is 1. The Labute approximate surface area is 154 Å². The lowest BCUT2D eigenvalue weighted by molar-refractivity contribution is -0.147. The molecule has 3 heterocycles. The number of aromatic nitrogens is 2. The Balaban J connectivity index is 1.68. The third-order valence-electron chi connectivity index (χ3n) is 4.38. The van der Waals surface area contributed by atoms with Crippen LogP contribution in [0.1, 0.15) is 38.1 Å². The van der Waals surface area contributed by atoms with Gasteiger partial charge in [-0.3, -0.25) is 9.78 Å². The predicted molar refractivity (Wildman–Crippen MR) is 101 cm³/mol. The van der Waals surface area contributed by atoms with Crippen LogP contribution in [0, 0.1) is 12.3 Å². The van der Waals surface area contributed by atoms with Gasteiger partial charge in [-0.25, -0.2) is 4.98 Å². The van der Waals surface area contributed by atoms with E-state index in [0.717, 1.165) is 22.8 Å². The average Bonchev–Trinajstić information content (AvgIpc) is 2.63. The van der Waals surface area contributed by atoms with Crippen LogP contribution in [0.4, 0.5) is 11.5 Å². The number of nitrogens with zero attached hydrogens (tertiary/aromatic N) is 3. The molecule has 0 aromatic carbocycles. The van der Waals surface area contributed by atoms with Crippen LogP contribution in [0.2, 0.25) is 0 Å². The highest BCUT2D eigenvalue weighted by Gasteiger charge is 2.32. The molecule has 26 heavy (non-hydrogen) atoms. The molecule has 1 N–H and O–H groups in total. The Morgan fingerprint density at radius 1 is 1.27 bits per heavy atom. The molecule has 1 amide bonds. The molecule has 2 aromatic rings. The molecular weight excluding hydrogens is 328 g/mol. The first-order valence-corrected chi connectivity index (χ1v) is 8.90. The SMILES string of the molecule is Cc1cccnc1Nc1ccc(C2CN(C(=O)C(C)(C)C)CCO2)nc1. The van der Waals surface area contributed by atoms with E-state index in [1.165, 1.54) is 0 Å². The molecule has 0 spiro atoms. The summed E-state index contributed by atoms with van der Waals surface area (Å²) in [6, 6.07) is 7.82. The molecule has 1 aliphatic heterocycles. The molecule has 1 fully saturated rings. The van der Waals surface area contributed by atoms with Crippen molar-refractivity contribution in [2.24, 2.45) is 5.41 Å². The van der Waals surface area contributed by atoms with Crippen molar-refractivity contribution < 1.29 is 9.53 Å². The number of ether oxygens (including phenoxy) is 1. The van der Waals surface area contributed by atoms with Crippen molar-refractivity contribution in [2.45, 2.75) is 33.8 Å². The van der Waals surface area contributed by atoms with Gasteiger partial charge < -0.3 is 15.0 Å². The van der Waals surface area contributed by atoms with Gasteiger partial charge in [-0.05, 0) is 30.7 Å². The standard InChI is InChI=1S/C20H26N4O2/c1-14-6-5-9-21-18(14)23-15-7-8-16(22-12-15)17-13-24(10-11-26-17)19(25)20(2,3)4/h5-9,12,17H,10-11,13H2,1-4H3,(H,21,23). The number of carbonyl (C=O) groups excluding carboxylic acids is 1. The number of aryl methyl sites for hydroxylation is 1. The Hall–Kier alpha value is -2.47. The zero-order valence-corrected chi connectivity index (χ0v) is 15.8. The second-order valence-corrected chi connectivity index (χ2v) is 7.63. The molecule has 1 atom stereocenters. The van der Waals surface area contributed by atoms with Crippen LogP contribution in [0.15, 0.2) is 36.7 Å². The van der Waals surface area contributed by atoms with E-state index in [1.54, 1.807) is 12.4 Å². The molecule has 6 nitrogen and oxygen atoms in total. The monoisotopic (exact) mass is 354 g/mol. The Kier molecular flexibility index (Phi) is 5.23. The summed E-state index contributed by atoms with van der Waals surface area (Å²) in [6.45, 7) is 9.53. The number of hydrogen-bond acceptors (Lipinski definition) is 5. The summed E-state index contributed by atoms with van der Waals surface area (Å²) in [6.07, 6.45) is 3.34. The molecular formula is C20H26N4O2. The van der Waals surface area contributed by atoms with E-state index < -0.39 is 0 Å². The Morgan fingerprint density at radius 2 is 2.08 bits per heavy atom. The van der Waals surface area contributed by atoms with Gasteiger partial charge in [0.1, 0.15) is 11.9 Å². The van der Waals surface area contributed by atoms with Crippen LogP contribution in [-0.2, 0) is 9.53 Å². The van der Waals surface area contributed by atoms with Crippen LogP contribution in [0.3, 0.4) is 0 Å². The van der Waals surface area contributed by atoms with Crippen molar-refractivity contribution in [1.82, 2.24) is 14.9 Å². The van der Waals surface area contributed by atoms with Crippen LogP contribution in [0.5, 0.6) is 0 Å². The van der Waals surface area contributed by atoms with E-state index in [9.17, 15) is 4.79 Å². The zero-order valence-electron chi connectivity index (χ0n) is 15.8. The smallest absolute Gasteiger partial charge is 0.228 e. The maximum absolute atomic E-state index is 12.5. The molecule has 0 aliphatic carbocycles. The second kappa shape index (κ2) is 7.41. The normalized spacial score (nSPS) is 17.8. The summed E-state index contributed by atoms with van der Waals surface area (Å²) in [5.74, 6) is 0.965. The van der Waals surface area contributed by atoms with Gasteiger partial charge in [-0.15, -0.1) is 0 Å². The van der Waals surface area contributed by atoms with Crippen molar-refractivity contribution in [2.75, 3.05) is 25.0 Å². The van der Waals surface area contributed by atoms with Crippen molar-refractivity contribution >= 4 is 17.4 Å². The lowest BCUT2D eigenvalue weighted by Gasteiger charge is -2.36. The molecule has 1 unspecified atom stereocenters. The van der Waals surface area contributed by atoms with Gasteiger partial charge in [-0.2, -0.15) is 0 Å². The highest BCUT2D eigenvalue weighted by molar-refractivity contribution is 5.81. The van der Waals surface area contributed by atoms with E-state index in [1.807, 2.05) is 56.9 Å². The highest BCUT2D eigenvalue weighted by Crippen LogP contribution is 2.26. The number of amides is 1. The number of rotatable bonds is 3. The predicted octanol–water partition coefficient (Wildman–Crippen LogP) is 3.47. The zero-order chi connectivity index (χ0) is 18.7. The summed E-state index contributed by atoms with van der Waals surface area (Å²) in [4.78, 5) is 23.3. The lowest BCUT2D eigenvalue weighted by atomic mass is 9.94. The molecule has 1 aliphatic rings. The minimum atomic E-state index is -0.385. The molecule has 138 valence electrons. The van der Waals surface area contributed by atoms with E-state index >= 15 is 0 Å². The Morgan fingerprint density at radius 3 is 2.73 bits per heavy atom.